The van der Waals surface area contributed by atoms with Crippen LogP contribution in [0.5, 0.6) is 17.2 Å². The zero-order valence-corrected chi connectivity index (χ0v) is 16.9. The summed E-state index contributed by atoms with van der Waals surface area (Å²) in [6, 6.07) is 26.8. The highest BCUT2D eigenvalue weighted by Crippen LogP contribution is 2.38. The number of fused-ring (bicyclic) bond motifs is 1. The first-order valence-electron chi connectivity index (χ1n) is 9.71. The number of phenolic OH excluding ortho intramolecular Hbond substituents is 1. The van der Waals surface area contributed by atoms with Crippen molar-refractivity contribution in [2.45, 2.75) is 6.04 Å². The summed E-state index contributed by atoms with van der Waals surface area (Å²) < 4.78 is 10.5. The highest BCUT2D eigenvalue weighted by molar-refractivity contribution is 5.89. The molecule has 0 aliphatic rings. The van der Waals surface area contributed by atoms with Gasteiger partial charge in [0.2, 0.25) is 0 Å². The van der Waals surface area contributed by atoms with Gasteiger partial charge in [0.1, 0.15) is 23.3 Å². The van der Waals surface area contributed by atoms with Crippen LogP contribution in [0.25, 0.3) is 10.8 Å². The molecule has 0 aliphatic heterocycles. The van der Waals surface area contributed by atoms with Crippen molar-refractivity contribution in [2.75, 3.05) is 14.2 Å². The maximum atomic E-state index is 10.8. The maximum absolute atomic E-state index is 10.8. The van der Waals surface area contributed by atoms with Gasteiger partial charge in [-0.25, -0.2) is 0 Å². The first-order valence-corrected chi connectivity index (χ1v) is 9.71. The van der Waals surface area contributed by atoms with Gasteiger partial charge in [0.25, 0.3) is 0 Å². The van der Waals surface area contributed by atoms with Gasteiger partial charge >= 0.3 is 0 Å². The van der Waals surface area contributed by atoms with Crippen molar-refractivity contribution in [3.05, 3.63) is 102 Å². The van der Waals surface area contributed by atoms with Crippen molar-refractivity contribution < 1.29 is 14.6 Å². The number of rotatable bonds is 6. The largest absolute Gasteiger partial charge is 0.508 e. The second kappa shape index (κ2) is 8.70. The van der Waals surface area contributed by atoms with Gasteiger partial charge in [-0.15, -0.1) is 0 Å². The average molecular weight is 397 g/mol. The molecule has 0 aliphatic carbocycles. The second-order valence-corrected chi connectivity index (χ2v) is 6.95. The van der Waals surface area contributed by atoms with Gasteiger partial charge in [-0.2, -0.15) is 0 Å². The lowest BCUT2D eigenvalue weighted by atomic mass is 9.93. The third-order valence-electron chi connectivity index (χ3n) is 5.14. The molecule has 4 aromatic carbocycles. The van der Waals surface area contributed by atoms with Crippen molar-refractivity contribution in [2.24, 2.45) is 4.99 Å². The number of ether oxygens (including phenoxy) is 2. The molecule has 0 fully saturated rings. The molecule has 0 aromatic heterocycles. The van der Waals surface area contributed by atoms with Gasteiger partial charge in [-0.1, -0.05) is 42.5 Å². The molecule has 150 valence electrons. The van der Waals surface area contributed by atoms with E-state index in [4.69, 9.17) is 14.5 Å². The van der Waals surface area contributed by atoms with Crippen molar-refractivity contribution in [3.63, 3.8) is 0 Å². The molecule has 0 saturated heterocycles. The van der Waals surface area contributed by atoms with Gasteiger partial charge < -0.3 is 14.6 Å². The Morgan fingerprint density at radius 3 is 2.07 bits per heavy atom. The molecular formula is C26H23NO3. The number of hydrogen-bond acceptors (Lipinski definition) is 4. The summed E-state index contributed by atoms with van der Waals surface area (Å²) in [4.78, 5) is 4.89. The zero-order chi connectivity index (χ0) is 20.9. The zero-order valence-electron chi connectivity index (χ0n) is 16.9. The molecule has 4 rings (SSSR count). The smallest absolute Gasteiger partial charge is 0.121 e. The molecule has 0 heterocycles. The Morgan fingerprint density at radius 2 is 1.40 bits per heavy atom. The predicted octanol–water partition coefficient (Wildman–Crippen LogP) is 5.77. The van der Waals surface area contributed by atoms with Crippen molar-refractivity contribution >= 4 is 17.0 Å². The summed E-state index contributed by atoms with van der Waals surface area (Å²) in [5, 5.41) is 12.8. The fourth-order valence-electron chi connectivity index (χ4n) is 3.54. The topological polar surface area (TPSA) is 51.0 Å². The molecule has 0 bridgehead atoms. The third-order valence-corrected chi connectivity index (χ3v) is 5.14. The number of aromatic hydroxyl groups is 1. The lowest BCUT2D eigenvalue weighted by Crippen LogP contribution is -2.01. The Kier molecular flexibility index (Phi) is 5.66. The van der Waals surface area contributed by atoms with E-state index in [0.717, 1.165) is 39.0 Å². The normalized spacial score (nSPS) is 12.2. The van der Waals surface area contributed by atoms with Crippen LogP contribution >= 0.6 is 0 Å². The predicted molar refractivity (Wildman–Crippen MR) is 121 cm³/mol. The first kappa shape index (κ1) is 19.5. The minimum atomic E-state index is -0.371. The van der Waals surface area contributed by atoms with Crippen LogP contribution in [0.1, 0.15) is 22.7 Å². The fraction of sp³-hybridized carbons (Fsp3) is 0.115. The Morgan fingerprint density at radius 1 is 0.767 bits per heavy atom. The Bertz CT molecular complexity index is 1170. The van der Waals surface area contributed by atoms with E-state index in [1.165, 1.54) is 0 Å². The summed E-state index contributed by atoms with van der Waals surface area (Å²) in [6.45, 7) is 0. The van der Waals surface area contributed by atoms with Gasteiger partial charge in [-0.05, 0) is 64.4 Å². The van der Waals surface area contributed by atoms with Crippen molar-refractivity contribution in [1.29, 1.82) is 0 Å². The van der Waals surface area contributed by atoms with Crippen LogP contribution in [0.3, 0.4) is 0 Å². The van der Waals surface area contributed by atoms with Crippen LogP contribution in [0.2, 0.25) is 0 Å². The van der Waals surface area contributed by atoms with Crippen LogP contribution in [-0.4, -0.2) is 25.5 Å². The number of phenols is 1. The average Bonchev–Trinajstić information content (AvgIpc) is 2.81. The quantitative estimate of drug-likeness (QED) is 0.420. The molecule has 1 N–H and O–H groups in total. The Hall–Kier alpha value is -3.79. The van der Waals surface area contributed by atoms with Crippen LogP contribution in [-0.2, 0) is 0 Å². The van der Waals surface area contributed by atoms with Crippen molar-refractivity contribution in [1.82, 2.24) is 0 Å². The molecule has 4 heteroatoms. The monoisotopic (exact) mass is 397 g/mol. The number of hydrogen-bond donors (Lipinski definition) is 1. The molecule has 0 spiro atoms. The summed E-state index contributed by atoms with van der Waals surface area (Å²) in [6.07, 6.45) is 1.83. The summed E-state index contributed by atoms with van der Waals surface area (Å²) in [5.41, 5.74) is 2.70. The molecule has 4 nitrogen and oxygen atoms in total. The Balaban J connectivity index is 1.83. The molecule has 0 amide bonds. The number of benzene rings is 4. The second-order valence-electron chi connectivity index (χ2n) is 6.95. The van der Waals surface area contributed by atoms with E-state index in [-0.39, 0.29) is 11.8 Å². The highest BCUT2D eigenvalue weighted by atomic mass is 16.5. The molecule has 4 aromatic rings. The van der Waals surface area contributed by atoms with E-state index >= 15 is 0 Å². The molecule has 0 unspecified atom stereocenters. The van der Waals surface area contributed by atoms with E-state index in [0.29, 0.717) is 0 Å². The summed E-state index contributed by atoms with van der Waals surface area (Å²) in [7, 11) is 3.29. The fourth-order valence-corrected chi connectivity index (χ4v) is 3.54. The van der Waals surface area contributed by atoms with Gasteiger partial charge in [0.05, 0.1) is 14.2 Å². The van der Waals surface area contributed by atoms with Crippen LogP contribution in [0.4, 0.5) is 0 Å². The molecular weight excluding hydrogens is 374 g/mol. The minimum Gasteiger partial charge on any atom is -0.508 e. The standard InChI is InChI=1S/C26H23NO3/c1-29-21-12-7-18(8-13-21)17-27-26(20-9-14-22(30-2)15-10-20)25-23-6-4-3-5-19(23)11-16-24(25)28/h3-17,26,28H,1-2H3/t26-/m1/s1. The van der Waals surface area contributed by atoms with E-state index in [1.54, 1.807) is 20.3 Å². The third kappa shape index (κ3) is 3.98. The number of aliphatic imine (C=N–C) groups is 1. The van der Waals surface area contributed by atoms with E-state index in [2.05, 4.69) is 0 Å². The van der Waals surface area contributed by atoms with Crippen LogP contribution < -0.4 is 9.47 Å². The van der Waals surface area contributed by atoms with Crippen LogP contribution in [0.15, 0.2) is 89.9 Å². The SMILES string of the molecule is COc1ccc(C=N[C@H](c2ccc(OC)cc2)c2c(O)ccc3ccccc23)cc1. The molecule has 30 heavy (non-hydrogen) atoms. The lowest BCUT2D eigenvalue weighted by Gasteiger charge is -2.18. The summed E-state index contributed by atoms with van der Waals surface area (Å²) >= 11 is 0. The Labute approximate surface area is 176 Å². The van der Waals surface area contributed by atoms with Crippen LogP contribution in [0, 0.1) is 0 Å². The van der Waals surface area contributed by atoms with Gasteiger partial charge in [-0.3, -0.25) is 4.99 Å². The van der Waals surface area contributed by atoms with Gasteiger partial charge in [0, 0.05) is 11.8 Å². The summed E-state index contributed by atoms with van der Waals surface area (Å²) in [5.74, 6) is 1.80. The van der Waals surface area contributed by atoms with E-state index in [1.807, 2.05) is 85.1 Å². The first-order chi connectivity index (χ1) is 14.7. The molecule has 0 saturated carbocycles. The molecule has 0 radical (unpaired) electrons. The lowest BCUT2D eigenvalue weighted by molar-refractivity contribution is 0.414. The number of methoxy groups -OCH3 is 2. The van der Waals surface area contributed by atoms with E-state index < -0.39 is 0 Å². The van der Waals surface area contributed by atoms with Gasteiger partial charge in [0.15, 0.2) is 0 Å². The van der Waals surface area contributed by atoms with Crippen molar-refractivity contribution in [3.8, 4) is 17.2 Å². The minimum absolute atomic E-state index is 0.224. The van der Waals surface area contributed by atoms with E-state index in [9.17, 15) is 5.11 Å². The highest BCUT2D eigenvalue weighted by Gasteiger charge is 2.19. The number of nitrogens with zero attached hydrogens (tertiary/aromatic N) is 1. The maximum Gasteiger partial charge on any atom is 0.121 e. The molecule has 1 atom stereocenters.